The molecule has 0 unspecified atom stereocenters. The number of halogens is 1. The second-order valence-corrected chi connectivity index (χ2v) is 14.1. The maximum atomic E-state index is 14.1. The highest BCUT2D eigenvalue weighted by atomic mass is 35.5. The van der Waals surface area contributed by atoms with Gasteiger partial charge in [-0.05, 0) is 55.0 Å². The number of hydrogen-bond acceptors (Lipinski definition) is 6. The van der Waals surface area contributed by atoms with E-state index in [0.29, 0.717) is 16.1 Å². The Kier molecular flexibility index (Phi) is 6.67. The molecule has 4 aromatic carbocycles. The van der Waals surface area contributed by atoms with Crippen LogP contribution in [-0.2, 0) is 29.9 Å². The minimum absolute atomic E-state index is 0.161. The first-order valence-corrected chi connectivity index (χ1v) is 15.2. The highest BCUT2D eigenvalue weighted by molar-refractivity contribution is 8.09. The fourth-order valence-corrected chi connectivity index (χ4v) is 9.59. The number of hydrogen-bond donors (Lipinski definition) is 0. The molecule has 0 saturated carbocycles. The van der Waals surface area contributed by atoms with Gasteiger partial charge in [-0.25, -0.2) is 16.8 Å². The first-order chi connectivity index (χ1) is 18.1. The predicted molar refractivity (Wildman–Crippen MR) is 145 cm³/mol. The highest BCUT2D eigenvalue weighted by Crippen LogP contribution is 2.50. The van der Waals surface area contributed by atoms with E-state index >= 15 is 0 Å². The Morgan fingerprint density at radius 3 is 1.82 bits per heavy atom. The summed E-state index contributed by atoms with van der Waals surface area (Å²) < 4.78 is 60.0. The fraction of sp³-hybridized carbons (Fsp3) is 0.138. The van der Waals surface area contributed by atoms with E-state index in [1.54, 1.807) is 54.6 Å². The summed E-state index contributed by atoms with van der Waals surface area (Å²) in [5, 5.41) is 0.407. The van der Waals surface area contributed by atoms with Gasteiger partial charge in [-0.15, -0.1) is 0 Å². The van der Waals surface area contributed by atoms with Crippen LogP contribution in [0.1, 0.15) is 23.1 Å². The molecule has 0 saturated heterocycles. The quantitative estimate of drug-likeness (QED) is 0.216. The predicted octanol–water partition coefficient (Wildman–Crippen LogP) is 5.52. The van der Waals surface area contributed by atoms with E-state index in [0.717, 1.165) is 5.56 Å². The molecule has 0 aromatic heterocycles. The Bertz CT molecular complexity index is 1650. The summed E-state index contributed by atoms with van der Waals surface area (Å²) in [6, 6.07) is 26.3. The smallest absolute Gasteiger partial charge is 0.326 e. The van der Waals surface area contributed by atoms with Crippen LogP contribution in [0.15, 0.2) is 113 Å². The zero-order chi connectivity index (χ0) is 27.1. The minimum atomic E-state index is -4.51. The largest absolute Gasteiger partial charge is 0.425 e. The molecule has 5 rings (SSSR count). The number of benzene rings is 4. The molecule has 0 N–H and O–H groups in total. The lowest BCUT2D eigenvalue weighted by Crippen LogP contribution is -2.43. The summed E-state index contributed by atoms with van der Waals surface area (Å²) in [6.45, 7) is 1.83. The van der Waals surface area contributed by atoms with Crippen molar-refractivity contribution in [3.05, 3.63) is 125 Å². The topological polar surface area (TPSA) is 94.6 Å². The summed E-state index contributed by atoms with van der Waals surface area (Å²) >= 11 is 6.13. The van der Waals surface area contributed by atoms with Crippen molar-refractivity contribution in [2.24, 2.45) is 0 Å². The van der Waals surface area contributed by atoms with Gasteiger partial charge in [0.1, 0.15) is 11.2 Å². The van der Waals surface area contributed by atoms with Gasteiger partial charge in [-0.1, -0.05) is 77.8 Å². The second-order valence-electron chi connectivity index (χ2n) is 9.15. The van der Waals surface area contributed by atoms with E-state index in [1.807, 2.05) is 6.92 Å². The second kappa shape index (κ2) is 9.69. The van der Waals surface area contributed by atoms with E-state index in [-0.39, 0.29) is 15.5 Å². The number of carbonyl (C=O) groups is 1. The van der Waals surface area contributed by atoms with Gasteiger partial charge in [0.25, 0.3) is 0 Å². The van der Waals surface area contributed by atoms with Crippen LogP contribution in [0.25, 0.3) is 0 Å². The SMILES string of the molecule is Cc1ccc2c(c1)[C@@](CC(S(=O)(=O)c1ccccc1)S(=O)(=O)c1ccccc1)(c1ccc(Cl)cc1)C(=O)O2. The molecule has 0 bridgehead atoms. The zero-order valence-corrected chi connectivity index (χ0v) is 22.6. The lowest BCUT2D eigenvalue weighted by atomic mass is 9.73. The number of esters is 1. The molecule has 38 heavy (non-hydrogen) atoms. The van der Waals surface area contributed by atoms with Crippen molar-refractivity contribution in [1.82, 2.24) is 0 Å². The molecule has 0 radical (unpaired) electrons. The monoisotopic (exact) mass is 566 g/mol. The average Bonchev–Trinajstić information content (AvgIpc) is 3.19. The molecule has 0 fully saturated rings. The van der Waals surface area contributed by atoms with Crippen molar-refractivity contribution in [3.8, 4) is 5.75 Å². The van der Waals surface area contributed by atoms with Crippen LogP contribution in [0.2, 0.25) is 5.02 Å². The lowest BCUT2D eigenvalue weighted by Gasteiger charge is -2.31. The molecule has 194 valence electrons. The Balaban J connectivity index is 1.80. The Morgan fingerprint density at radius 2 is 1.29 bits per heavy atom. The zero-order valence-electron chi connectivity index (χ0n) is 20.2. The normalized spacial score (nSPS) is 17.3. The van der Waals surface area contributed by atoms with Crippen LogP contribution in [0.5, 0.6) is 5.75 Å². The summed E-state index contributed by atoms with van der Waals surface area (Å²) in [6.07, 6.45) is -0.599. The van der Waals surface area contributed by atoms with E-state index in [2.05, 4.69) is 0 Å². The fourth-order valence-electron chi connectivity index (χ4n) is 4.84. The average molecular weight is 567 g/mol. The maximum Gasteiger partial charge on any atom is 0.326 e. The third-order valence-corrected chi connectivity index (χ3v) is 12.1. The number of aryl methyl sites for hydroxylation is 1. The number of sulfone groups is 2. The molecular formula is C29H23ClO6S2. The van der Waals surface area contributed by atoms with Crippen molar-refractivity contribution >= 4 is 37.2 Å². The van der Waals surface area contributed by atoms with Crippen molar-refractivity contribution in [1.29, 1.82) is 0 Å². The summed E-state index contributed by atoms with van der Waals surface area (Å²) in [7, 11) is -9.01. The molecule has 1 aliphatic heterocycles. The number of ether oxygens (including phenoxy) is 1. The number of rotatable bonds is 7. The Hall–Kier alpha value is -3.46. The lowest BCUT2D eigenvalue weighted by molar-refractivity contribution is -0.137. The van der Waals surface area contributed by atoms with Gasteiger partial charge in [0.2, 0.25) is 0 Å². The van der Waals surface area contributed by atoms with Crippen molar-refractivity contribution in [2.75, 3.05) is 0 Å². The van der Waals surface area contributed by atoms with Gasteiger partial charge in [0, 0.05) is 17.0 Å². The van der Waals surface area contributed by atoms with E-state index in [4.69, 9.17) is 16.3 Å². The van der Waals surface area contributed by atoms with E-state index in [1.165, 1.54) is 48.5 Å². The van der Waals surface area contributed by atoms with Gasteiger partial charge in [0.05, 0.1) is 9.79 Å². The minimum Gasteiger partial charge on any atom is -0.425 e. The Morgan fingerprint density at radius 1 is 0.763 bits per heavy atom. The van der Waals surface area contributed by atoms with Gasteiger partial charge in [0.15, 0.2) is 24.3 Å². The van der Waals surface area contributed by atoms with Crippen LogP contribution in [0, 0.1) is 6.92 Å². The van der Waals surface area contributed by atoms with Crippen LogP contribution in [-0.4, -0.2) is 27.4 Å². The van der Waals surface area contributed by atoms with Gasteiger partial charge in [-0.2, -0.15) is 0 Å². The summed E-state index contributed by atoms with van der Waals surface area (Å²) in [4.78, 5) is 13.4. The highest BCUT2D eigenvalue weighted by Gasteiger charge is 2.56. The van der Waals surface area contributed by atoms with Crippen LogP contribution >= 0.6 is 11.6 Å². The van der Waals surface area contributed by atoms with Crippen LogP contribution in [0.4, 0.5) is 0 Å². The molecular weight excluding hydrogens is 544 g/mol. The van der Waals surface area contributed by atoms with Crippen LogP contribution in [0.3, 0.4) is 0 Å². The molecule has 0 aliphatic carbocycles. The van der Waals surface area contributed by atoms with Gasteiger partial charge in [-0.3, -0.25) is 4.79 Å². The molecule has 4 aromatic rings. The summed E-state index contributed by atoms with van der Waals surface area (Å²) in [5.74, 6) is -0.500. The number of fused-ring (bicyclic) bond motifs is 1. The van der Waals surface area contributed by atoms with Crippen LogP contribution < -0.4 is 4.74 Å². The van der Waals surface area contributed by atoms with E-state index < -0.39 is 42.1 Å². The third kappa shape index (κ3) is 4.32. The van der Waals surface area contributed by atoms with Crippen molar-refractivity contribution in [3.63, 3.8) is 0 Å². The third-order valence-electron chi connectivity index (χ3n) is 6.79. The van der Waals surface area contributed by atoms with Crippen molar-refractivity contribution in [2.45, 2.75) is 33.1 Å². The molecule has 6 nitrogen and oxygen atoms in total. The summed E-state index contributed by atoms with van der Waals surface area (Å²) in [5.41, 5.74) is -0.136. The maximum absolute atomic E-state index is 14.1. The van der Waals surface area contributed by atoms with Gasteiger partial charge < -0.3 is 4.74 Å². The standard InChI is InChI=1S/C29H23ClO6S2/c1-20-12-17-26-25(18-20)29(28(31)36-26,21-13-15-22(30)16-14-21)19-27(37(32,33)23-8-4-2-5-9-23)38(34,35)24-10-6-3-7-11-24/h2-18,27H,19H2,1H3/t29-/m1/s1. The Labute approximate surface area is 226 Å². The van der Waals surface area contributed by atoms with Crippen molar-refractivity contribution < 1.29 is 26.4 Å². The molecule has 9 heteroatoms. The molecule has 0 amide bonds. The molecule has 1 atom stereocenters. The number of carbonyl (C=O) groups excluding carboxylic acids is 1. The van der Waals surface area contributed by atoms with E-state index in [9.17, 15) is 21.6 Å². The molecule has 0 spiro atoms. The molecule has 1 heterocycles. The first-order valence-electron chi connectivity index (χ1n) is 11.7. The molecule has 1 aliphatic rings. The first kappa shape index (κ1) is 26.2. The van der Waals surface area contributed by atoms with Gasteiger partial charge >= 0.3 is 5.97 Å².